The number of hydrogen-bond acceptors (Lipinski definition) is 4. The average molecular weight is 363 g/mol. The molecule has 0 atom stereocenters. The summed E-state index contributed by atoms with van der Waals surface area (Å²) in [6.07, 6.45) is 9.56. The lowest BCUT2D eigenvalue weighted by Crippen LogP contribution is -2.14. The first kappa shape index (κ1) is 18.2. The van der Waals surface area contributed by atoms with E-state index in [0.29, 0.717) is 22.4 Å². The number of rotatable bonds is 5. The summed E-state index contributed by atoms with van der Waals surface area (Å²) in [5.41, 5.74) is 1.83. The highest BCUT2D eigenvalue weighted by atomic mass is 19.2. The zero-order chi connectivity index (χ0) is 19.4. The summed E-state index contributed by atoms with van der Waals surface area (Å²) in [5.74, 6) is 0.185. The van der Waals surface area contributed by atoms with E-state index in [2.05, 4.69) is 15.9 Å². The van der Waals surface area contributed by atoms with Crippen LogP contribution in [0.15, 0.2) is 55.1 Å². The third kappa shape index (κ3) is 3.98. The third-order valence-electron chi connectivity index (χ3n) is 4.08. The van der Waals surface area contributed by atoms with Gasteiger partial charge >= 0.3 is 0 Å². The average Bonchev–Trinajstić information content (AvgIpc) is 2.70. The van der Waals surface area contributed by atoms with Crippen molar-refractivity contribution < 1.29 is 13.6 Å². The Labute approximate surface area is 155 Å². The Bertz CT molecular complexity index is 1030. The van der Waals surface area contributed by atoms with E-state index < -0.39 is 11.6 Å². The number of aromatic nitrogens is 2. The summed E-state index contributed by atoms with van der Waals surface area (Å²) in [5, 5.41) is 0. The molecule has 0 radical (unpaired) electrons. The van der Waals surface area contributed by atoms with Gasteiger partial charge in [0.2, 0.25) is 0 Å². The summed E-state index contributed by atoms with van der Waals surface area (Å²) in [6.45, 7) is 0. The first-order valence-corrected chi connectivity index (χ1v) is 8.06. The standard InChI is InChI=1S/C21H15F2N3O/c1-3-14-5-4-6-16(7-14)20(27)10-15-8-18(22)21(23)19(9-15)26(2)17-11-24-13-25-12-17/h1,4-9,11-13H,10H2,2H3. The second-order valence-corrected chi connectivity index (χ2v) is 5.89. The molecular weight excluding hydrogens is 348 g/mol. The highest BCUT2D eigenvalue weighted by Gasteiger charge is 2.18. The zero-order valence-electron chi connectivity index (χ0n) is 14.5. The summed E-state index contributed by atoms with van der Waals surface area (Å²) < 4.78 is 28.4. The van der Waals surface area contributed by atoms with Crippen molar-refractivity contribution in [3.63, 3.8) is 0 Å². The lowest BCUT2D eigenvalue weighted by atomic mass is 10.0. The number of ketones is 1. The minimum atomic E-state index is -1.03. The van der Waals surface area contributed by atoms with Gasteiger partial charge in [-0.3, -0.25) is 4.79 Å². The van der Waals surface area contributed by atoms with Crippen molar-refractivity contribution in [3.8, 4) is 12.3 Å². The molecule has 2 aromatic carbocycles. The molecule has 1 heterocycles. The van der Waals surface area contributed by atoms with E-state index >= 15 is 0 Å². The maximum atomic E-state index is 14.3. The minimum absolute atomic E-state index is 0.00928. The molecule has 0 unspecified atom stereocenters. The molecule has 134 valence electrons. The maximum Gasteiger partial charge on any atom is 0.182 e. The largest absolute Gasteiger partial charge is 0.340 e. The van der Waals surface area contributed by atoms with Crippen LogP contribution in [-0.4, -0.2) is 22.8 Å². The van der Waals surface area contributed by atoms with Crippen LogP contribution in [-0.2, 0) is 6.42 Å². The molecule has 0 saturated carbocycles. The quantitative estimate of drug-likeness (QED) is 0.509. The molecule has 0 N–H and O–H groups in total. The van der Waals surface area contributed by atoms with Crippen molar-refractivity contribution >= 4 is 17.2 Å². The Morgan fingerprint density at radius 1 is 1.19 bits per heavy atom. The van der Waals surface area contributed by atoms with Crippen molar-refractivity contribution in [2.24, 2.45) is 0 Å². The Kier molecular flexibility index (Phi) is 5.23. The van der Waals surface area contributed by atoms with Gasteiger partial charge in [0.25, 0.3) is 0 Å². The van der Waals surface area contributed by atoms with E-state index in [0.717, 1.165) is 6.07 Å². The zero-order valence-corrected chi connectivity index (χ0v) is 14.5. The van der Waals surface area contributed by atoms with E-state index in [-0.39, 0.29) is 17.9 Å². The molecule has 3 rings (SSSR count). The van der Waals surface area contributed by atoms with Crippen molar-refractivity contribution in [2.75, 3.05) is 11.9 Å². The van der Waals surface area contributed by atoms with Crippen molar-refractivity contribution in [2.45, 2.75) is 6.42 Å². The van der Waals surface area contributed by atoms with E-state index in [1.54, 1.807) is 31.3 Å². The van der Waals surface area contributed by atoms with Gasteiger partial charge in [0.15, 0.2) is 17.4 Å². The molecular formula is C21H15F2N3O. The Hall–Kier alpha value is -3.59. The first-order chi connectivity index (χ1) is 13.0. The molecule has 6 heteroatoms. The van der Waals surface area contributed by atoms with E-state index in [9.17, 15) is 13.6 Å². The van der Waals surface area contributed by atoms with Gasteiger partial charge < -0.3 is 4.90 Å². The second kappa shape index (κ2) is 7.75. The summed E-state index contributed by atoms with van der Waals surface area (Å²) in [4.78, 5) is 21.7. The van der Waals surface area contributed by atoms with Crippen LogP contribution in [0.5, 0.6) is 0 Å². The third-order valence-corrected chi connectivity index (χ3v) is 4.08. The smallest absolute Gasteiger partial charge is 0.182 e. The van der Waals surface area contributed by atoms with Crippen molar-refractivity contribution in [1.29, 1.82) is 0 Å². The lowest BCUT2D eigenvalue weighted by Gasteiger charge is -2.20. The van der Waals surface area contributed by atoms with Gasteiger partial charge in [0.1, 0.15) is 6.33 Å². The molecule has 0 spiro atoms. The van der Waals surface area contributed by atoms with Gasteiger partial charge in [-0.15, -0.1) is 6.42 Å². The van der Waals surface area contributed by atoms with Crippen molar-refractivity contribution in [1.82, 2.24) is 9.97 Å². The normalized spacial score (nSPS) is 10.3. The number of nitrogens with zero attached hydrogens (tertiary/aromatic N) is 3. The fourth-order valence-corrected chi connectivity index (χ4v) is 2.65. The fourth-order valence-electron chi connectivity index (χ4n) is 2.65. The van der Waals surface area contributed by atoms with Gasteiger partial charge in [0.05, 0.1) is 23.8 Å². The first-order valence-electron chi connectivity index (χ1n) is 8.06. The van der Waals surface area contributed by atoms with E-state index in [4.69, 9.17) is 6.42 Å². The van der Waals surface area contributed by atoms with Crippen LogP contribution >= 0.6 is 0 Å². The van der Waals surface area contributed by atoms with Crippen LogP contribution < -0.4 is 4.90 Å². The topological polar surface area (TPSA) is 46.1 Å². The van der Waals surface area contributed by atoms with Gasteiger partial charge in [0, 0.05) is 24.6 Å². The van der Waals surface area contributed by atoms with E-state index in [1.807, 2.05) is 0 Å². The van der Waals surface area contributed by atoms with Crippen LogP contribution in [0.25, 0.3) is 0 Å². The minimum Gasteiger partial charge on any atom is -0.340 e. The van der Waals surface area contributed by atoms with Crippen LogP contribution in [0.2, 0.25) is 0 Å². The number of carbonyl (C=O) groups excluding carboxylic acids is 1. The molecule has 3 aromatic rings. The van der Waals surface area contributed by atoms with Gasteiger partial charge in [-0.25, -0.2) is 18.7 Å². The maximum absolute atomic E-state index is 14.3. The van der Waals surface area contributed by atoms with E-state index in [1.165, 1.54) is 29.7 Å². The van der Waals surface area contributed by atoms with Crippen molar-refractivity contribution in [3.05, 3.63) is 83.4 Å². The molecule has 0 saturated heterocycles. The van der Waals surface area contributed by atoms with Gasteiger partial charge in [-0.05, 0) is 29.8 Å². The monoisotopic (exact) mass is 363 g/mol. The molecule has 0 aliphatic carbocycles. The van der Waals surface area contributed by atoms with Crippen LogP contribution in [0.3, 0.4) is 0 Å². The number of anilines is 2. The van der Waals surface area contributed by atoms with Crippen LogP contribution in [0.4, 0.5) is 20.2 Å². The van der Waals surface area contributed by atoms with Gasteiger partial charge in [-0.1, -0.05) is 18.1 Å². The lowest BCUT2D eigenvalue weighted by molar-refractivity contribution is 0.0993. The number of terminal acetylenes is 1. The van der Waals surface area contributed by atoms with Gasteiger partial charge in [-0.2, -0.15) is 0 Å². The summed E-state index contributed by atoms with van der Waals surface area (Å²) in [7, 11) is 1.57. The molecule has 1 aromatic heterocycles. The van der Waals surface area contributed by atoms with Crippen LogP contribution in [0, 0.1) is 24.0 Å². The molecule has 0 amide bonds. The molecule has 0 aliphatic rings. The summed E-state index contributed by atoms with van der Waals surface area (Å²) >= 11 is 0. The number of Topliss-reactive ketones (excluding diaryl/α,β-unsaturated/α-hetero) is 1. The predicted octanol–water partition coefficient (Wildman–Crippen LogP) is 3.93. The second-order valence-electron chi connectivity index (χ2n) is 5.89. The highest BCUT2D eigenvalue weighted by Crippen LogP contribution is 2.28. The Balaban J connectivity index is 1.92. The Morgan fingerprint density at radius 2 is 1.93 bits per heavy atom. The number of benzene rings is 2. The molecule has 27 heavy (non-hydrogen) atoms. The SMILES string of the molecule is C#Cc1cccc(C(=O)Cc2cc(F)c(F)c(N(C)c3cncnc3)c2)c1. The molecule has 0 bridgehead atoms. The van der Waals surface area contributed by atoms with Crippen LogP contribution in [0.1, 0.15) is 21.5 Å². The highest BCUT2D eigenvalue weighted by molar-refractivity contribution is 5.98. The fraction of sp³-hybridized carbons (Fsp3) is 0.0952. The summed E-state index contributed by atoms with van der Waals surface area (Å²) in [6, 6.07) is 9.09. The molecule has 0 fully saturated rings. The Morgan fingerprint density at radius 3 is 2.63 bits per heavy atom. The number of carbonyl (C=O) groups is 1. The number of halogens is 2. The predicted molar refractivity (Wildman–Crippen MR) is 98.9 cm³/mol. The number of hydrogen-bond donors (Lipinski definition) is 0. The molecule has 0 aliphatic heterocycles. The molecule has 4 nitrogen and oxygen atoms in total.